The third kappa shape index (κ3) is 2.96. The van der Waals surface area contributed by atoms with Gasteiger partial charge in [-0.15, -0.1) is 0 Å². The molecule has 126 valence electrons. The van der Waals surface area contributed by atoms with Crippen LogP contribution in [0.3, 0.4) is 0 Å². The normalized spacial score (nSPS) is 11.9. The van der Waals surface area contributed by atoms with Gasteiger partial charge in [-0.3, -0.25) is 0 Å². The van der Waals surface area contributed by atoms with Crippen LogP contribution < -0.4 is 4.90 Å². The summed E-state index contributed by atoms with van der Waals surface area (Å²) in [4.78, 5) is 21.9. The van der Waals surface area contributed by atoms with E-state index in [2.05, 4.69) is 16.9 Å². The van der Waals surface area contributed by atoms with E-state index in [0.717, 1.165) is 40.1 Å². The zero-order valence-corrected chi connectivity index (χ0v) is 14.5. The molecule has 6 heteroatoms. The SMILES string of the molecule is CCc1cc(C(C#N)C=O)ccc1N(C)c1cc2c(cn1)ncn2C. The van der Waals surface area contributed by atoms with Crippen molar-refractivity contribution in [1.29, 1.82) is 5.26 Å². The molecule has 2 aromatic heterocycles. The molecule has 2 heterocycles. The molecule has 0 bridgehead atoms. The molecule has 0 aliphatic rings. The Morgan fingerprint density at radius 1 is 1.36 bits per heavy atom. The van der Waals surface area contributed by atoms with E-state index in [0.29, 0.717) is 6.29 Å². The third-order valence-corrected chi connectivity index (χ3v) is 4.42. The van der Waals surface area contributed by atoms with E-state index in [1.54, 1.807) is 12.5 Å². The van der Waals surface area contributed by atoms with Gasteiger partial charge in [-0.2, -0.15) is 5.26 Å². The molecule has 3 aromatic rings. The Kier molecular flexibility index (Phi) is 4.48. The van der Waals surface area contributed by atoms with Gasteiger partial charge in [0.25, 0.3) is 0 Å². The molecule has 1 unspecified atom stereocenters. The van der Waals surface area contributed by atoms with E-state index in [1.165, 1.54) is 0 Å². The minimum absolute atomic E-state index is 0.677. The van der Waals surface area contributed by atoms with Crippen molar-refractivity contribution in [2.45, 2.75) is 19.3 Å². The van der Waals surface area contributed by atoms with Gasteiger partial charge in [-0.1, -0.05) is 19.1 Å². The molecule has 0 saturated carbocycles. The second-order valence-corrected chi connectivity index (χ2v) is 5.93. The number of pyridine rings is 1. The smallest absolute Gasteiger partial charge is 0.141 e. The minimum Gasteiger partial charge on any atom is -0.334 e. The monoisotopic (exact) mass is 333 g/mol. The lowest BCUT2D eigenvalue weighted by Gasteiger charge is -2.22. The van der Waals surface area contributed by atoms with Gasteiger partial charge in [0, 0.05) is 25.8 Å². The maximum Gasteiger partial charge on any atom is 0.141 e. The molecule has 0 amide bonds. The summed E-state index contributed by atoms with van der Waals surface area (Å²) in [6.45, 7) is 2.05. The molecule has 0 aliphatic heterocycles. The second kappa shape index (κ2) is 6.73. The van der Waals surface area contributed by atoms with Crippen molar-refractivity contribution in [2.24, 2.45) is 7.05 Å². The zero-order valence-electron chi connectivity index (χ0n) is 14.5. The lowest BCUT2D eigenvalue weighted by atomic mass is 9.97. The minimum atomic E-state index is -0.728. The van der Waals surface area contributed by atoms with Gasteiger partial charge >= 0.3 is 0 Å². The van der Waals surface area contributed by atoms with Crippen LogP contribution in [0.15, 0.2) is 36.8 Å². The van der Waals surface area contributed by atoms with Gasteiger partial charge in [-0.05, 0) is 23.6 Å². The van der Waals surface area contributed by atoms with Crippen LogP contribution in [-0.2, 0) is 18.3 Å². The van der Waals surface area contributed by atoms with Gasteiger partial charge in [-0.25, -0.2) is 9.97 Å². The first-order chi connectivity index (χ1) is 12.1. The van der Waals surface area contributed by atoms with E-state index in [-0.39, 0.29) is 0 Å². The predicted molar refractivity (Wildman–Crippen MR) is 96.8 cm³/mol. The molecule has 6 nitrogen and oxygen atoms in total. The van der Waals surface area contributed by atoms with Crippen molar-refractivity contribution < 1.29 is 4.79 Å². The van der Waals surface area contributed by atoms with Gasteiger partial charge in [0.15, 0.2) is 0 Å². The summed E-state index contributed by atoms with van der Waals surface area (Å²) in [5.74, 6) is 0.0827. The molecule has 0 aliphatic carbocycles. The molecule has 0 fully saturated rings. The average Bonchev–Trinajstić information content (AvgIpc) is 3.02. The topological polar surface area (TPSA) is 74.8 Å². The number of hydrogen-bond donors (Lipinski definition) is 0. The van der Waals surface area contributed by atoms with Crippen molar-refractivity contribution in [3.8, 4) is 6.07 Å². The van der Waals surface area contributed by atoms with Crippen LogP contribution in [0.25, 0.3) is 11.0 Å². The number of rotatable bonds is 5. The van der Waals surface area contributed by atoms with Gasteiger partial charge in [0.1, 0.15) is 23.5 Å². The number of anilines is 2. The largest absolute Gasteiger partial charge is 0.334 e. The Labute approximate surface area is 146 Å². The molecule has 0 saturated heterocycles. The van der Waals surface area contributed by atoms with Crippen LogP contribution in [0, 0.1) is 11.3 Å². The number of aromatic nitrogens is 3. The fourth-order valence-electron chi connectivity index (χ4n) is 2.92. The molecule has 1 atom stereocenters. The summed E-state index contributed by atoms with van der Waals surface area (Å²) < 4.78 is 1.96. The molecule has 25 heavy (non-hydrogen) atoms. The summed E-state index contributed by atoms with van der Waals surface area (Å²) in [6, 6.07) is 9.72. The van der Waals surface area contributed by atoms with E-state index in [9.17, 15) is 4.79 Å². The number of nitrogens with zero attached hydrogens (tertiary/aromatic N) is 5. The first kappa shape index (κ1) is 16.7. The molecular weight excluding hydrogens is 314 g/mol. The maximum atomic E-state index is 11.1. The van der Waals surface area contributed by atoms with Crippen molar-refractivity contribution in [1.82, 2.24) is 14.5 Å². The fraction of sp³-hybridized carbons (Fsp3) is 0.263. The van der Waals surface area contributed by atoms with Crippen LogP contribution in [0.5, 0.6) is 0 Å². The van der Waals surface area contributed by atoms with Crippen molar-refractivity contribution in [2.75, 3.05) is 11.9 Å². The van der Waals surface area contributed by atoms with Crippen LogP contribution in [0.2, 0.25) is 0 Å². The molecule has 3 rings (SSSR count). The molecule has 1 aromatic carbocycles. The third-order valence-electron chi connectivity index (χ3n) is 4.42. The highest BCUT2D eigenvalue weighted by molar-refractivity contribution is 5.79. The van der Waals surface area contributed by atoms with E-state index < -0.39 is 5.92 Å². The van der Waals surface area contributed by atoms with Crippen LogP contribution in [0.4, 0.5) is 11.5 Å². The summed E-state index contributed by atoms with van der Waals surface area (Å²) in [6.07, 6.45) is 5.00. The Balaban J connectivity index is 2.03. The lowest BCUT2D eigenvalue weighted by molar-refractivity contribution is -0.108. The second-order valence-electron chi connectivity index (χ2n) is 5.93. The number of aldehydes is 1. The quantitative estimate of drug-likeness (QED) is 0.671. The molecule has 0 radical (unpaired) electrons. The van der Waals surface area contributed by atoms with Crippen LogP contribution >= 0.6 is 0 Å². The number of aryl methyl sites for hydroxylation is 2. The summed E-state index contributed by atoms with van der Waals surface area (Å²) in [7, 11) is 3.91. The Hall–Kier alpha value is -3.20. The Morgan fingerprint density at radius 2 is 2.16 bits per heavy atom. The van der Waals surface area contributed by atoms with Crippen LogP contribution in [-0.4, -0.2) is 27.9 Å². The number of carbonyl (C=O) groups excluding carboxylic acids is 1. The standard InChI is InChI=1S/C19H19N5O/c1-4-13-7-14(15(9-20)11-25)5-6-17(13)24(3)19-8-18-16(10-21-19)22-12-23(18)2/h5-8,10-12,15H,4H2,1-3H3. The zero-order chi connectivity index (χ0) is 18.0. The van der Waals surface area contributed by atoms with Gasteiger partial charge in [0.2, 0.25) is 0 Å². The number of hydrogen-bond acceptors (Lipinski definition) is 5. The molecule has 0 N–H and O–H groups in total. The molecule has 0 spiro atoms. The Bertz CT molecular complexity index is 970. The first-order valence-corrected chi connectivity index (χ1v) is 8.07. The maximum absolute atomic E-state index is 11.1. The average molecular weight is 333 g/mol. The van der Waals surface area contributed by atoms with Crippen molar-refractivity contribution >= 4 is 28.8 Å². The van der Waals surface area contributed by atoms with Gasteiger partial charge in [0.05, 0.1) is 24.1 Å². The van der Waals surface area contributed by atoms with Gasteiger partial charge < -0.3 is 14.3 Å². The summed E-state index contributed by atoms with van der Waals surface area (Å²) in [5, 5.41) is 9.10. The number of carbonyl (C=O) groups is 1. The van der Waals surface area contributed by atoms with Crippen molar-refractivity contribution in [3.05, 3.63) is 47.9 Å². The van der Waals surface area contributed by atoms with E-state index in [1.807, 2.05) is 53.9 Å². The highest BCUT2D eigenvalue weighted by Crippen LogP contribution is 2.30. The number of fused-ring (bicyclic) bond motifs is 1. The summed E-state index contributed by atoms with van der Waals surface area (Å²) in [5.41, 5.74) is 4.66. The fourth-order valence-corrected chi connectivity index (χ4v) is 2.92. The number of nitriles is 1. The molecular formula is C19H19N5O. The summed E-state index contributed by atoms with van der Waals surface area (Å²) >= 11 is 0. The number of imidazole rings is 1. The predicted octanol–water partition coefficient (Wildman–Crippen LogP) is 3.10. The first-order valence-electron chi connectivity index (χ1n) is 8.07. The highest BCUT2D eigenvalue weighted by Gasteiger charge is 2.15. The van der Waals surface area contributed by atoms with Crippen LogP contribution in [0.1, 0.15) is 24.0 Å². The van der Waals surface area contributed by atoms with Crippen molar-refractivity contribution in [3.63, 3.8) is 0 Å². The highest BCUT2D eigenvalue weighted by atomic mass is 16.1. The lowest BCUT2D eigenvalue weighted by Crippen LogP contribution is -2.14. The van der Waals surface area contributed by atoms with E-state index in [4.69, 9.17) is 5.26 Å². The van der Waals surface area contributed by atoms with E-state index >= 15 is 0 Å². The number of benzene rings is 1. The Morgan fingerprint density at radius 3 is 2.84 bits per heavy atom.